The molecule has 0 saturated carbocycles. The fourth-order valence-electron chi connectivity index (χ4n) is 3.22. The molecule has 1 heterocycles. The number of carboxylic acid groups (broad SMARTS) is 1. The molecule has 0 aromatic rings. The summed E-state index contributed by atoms with van der Waals surface area (Å²) < 4.78 is 0. The molecule has 0 bridgehead atoms. The van der Waals surface area contributed by atoms with Gasteiger partial charge in [0.05, 0.1) is 6.04 Å². The number of hydrogen-bond acceptors (Lipinski definition) is 8. The Morgan fingerprint density at radius 1 is 1.00 bits per heavy atom. The molecule has 4 atom stereocenters. The lowest BCUT2D eigenvalue weighted by atomic mass is 10.1. The first kappa shape index (κ1) is 27.2. The van der Waals surface area contributed by atoms with E-state index in [9.17, 15) is 33.9 Å². The van der Waals surface area contributed by atoms with E-state index in [-0.39, 0.29) is 44.4 Å². The number of carboxylic acids is 1. The minimum Gasteiger partial charge on any atom is -0.480 e. The molecule has 0 spiro atoms. The number of aliphatic carboxylic acids is 1. The average molecular weight is 475 g/mol. The molecule has 0 aliphatic carbocycles. The average Bonchev–Trinajstić information content (AvgIpc) is 3.22. The molecule has 14 heteroatoms. The molecule has 1 rings (SSSR count). The Hall–Kier alpha value is -2.87. The fraction of sp³-hybridized carbons (Fsp3) is 0.667. The van der Waals surface area contributed by atoms with E-state index in [1.165, 1.54) is 4.90 Å². The molecule has 1 aliphatic rings. The Kier molecular flexibility index (Phi) is 10.9. The normalized spacial score (nSPS) is 18.3. The van der Waals surface area contributed by atoms with Crippen molar-refractivity contribution in [3.8, 4) is 0 Å². The smallest absolute Gasteiger partial charge is 0.326 e. The summed E-state index contributed by atoms with van der Waals surface area (Å²) in [4.78, 5) is 72.7. The number of nitrogens with zero attached hydrogens (tertiary/aromatic N) is 1. The third-order valence-electron chi connectivity index (χ3n) is 4.96. The number of carbonyl (C=O) groups is 6. The monoisotopic (exact) mass is 474 g/mol. The lowest BCUT2D eigenvalue weighted by Crippen LogP contribution is -2.57. The van der Waals surface area contributed by atoms with Crippen LogP contribution in [0.4, 0.5) is 0 Å². The Bertz CT molecular complexity index is 749. The second-order valence-electron chi connectivity index (χ2n) is 7.45. The maximum atomic E-state index is 13.1. The summed E-state index contributed by atoms with van der Waals surface area (Å²) in [7, 11) is 0. The first-order valence-corrected chi connectivity index (χ1v) is 10.7. The summed E-state index contributed by atoms with van der Waals surface area (Å²) in [5.74, 6) is -4.68. The highest BCUT2D eigenvalue weighted by Gasteiger charge is 2.39. The first-order chi connectivity index (χ1) is 15.0. The molecule has 32 heavy (non-hydrogen) atoms. The van der Waals surface area contributed by atoms with Crippen LogP contribution in [-0.2, 0) is 28.8 Å². The third kappa shape index (κ3) is 8.34. The fourth-order valence-corrected chi connectivity index (χ4v) is 3.39. The van der Waals surface area contributed by atoms with Crippen molar-refractivity contribution in [1.82, 2.24) is 15.5 Å². The predicted molar refractivity (Wildman–Crippen MR) is 115 cm³/mol. The number of hydrogen-bond donors (Lipinski definition) is 7. The van der Waals surface area contributed by atoms with Crippen LogP contribution < -0.4 is 27.8 Å². The van der Waals surface area contributed by atoms with Gasteiger partial charge in [-0.3, -0.25) is 24.0 Å². The van der Waals surface area contributed by atoms with E-state index in [0.29, 0.717) is 6.42 Å². The van der Waals surface area contributed by atoms with E-state index in [2.05, 4.69) is 23.3 Å². The Morgan fingerprint density at radius 3 is 2.06 bits per heavy atom. The standard InChI is InChI=1S/C18H30N6O7S/c19-9(8-32)15(27)22-10(3-5-13(20)25)17(29)24-7-1-2-12(24)16(28)23-11(18(30)31)4-6-14(21)26/h9-12,32H,1-8,19H2,(H2,20,25)(H2,21,26)(H,22,27)(H,23,28)(H,30,31). The van der Waals surface area contributed by atoms with Crippen LogP contribution in [0.25, 0.3) is 0 Å². The third-order valence-corrected chi connectivity index (χ3v) is 5.35. The van der Waals surface area contributed by atoms with Gasteiger partial charge in [0.2, 0.25) is 29.5 Å². The second kappa shape index (κ2) is 12.9. The van der Waals surface area contributed by atoms with Crippen molar-refractivity contribution in [3.05, 3.63) is 0 Å². The van der Waals surface area contributed by atoms with Gasteiger partial charge in [-0.25, -0.2) is 4.79 Å². The van der Waals surface area contributed by atoms with Crippen molar-refractivity contribution in [2.75, 3.05) is 12.3 Å². The first-order valence-electron chi connectivity index (χ1n) is 10.0. The zero-order valence-corrected chi connectivity index (χ0v) is 18.4. The van der Waals surface area contributed by atoms with Crippen molar-refractivity contribution in [3.63, 3.8) is 0 Å². The summed E-state index contributed by atoms with van der Waals surface area (Å²) in [6.45, 7) is 0.192. The predicted octanol–water partition coefficient (Wildman–Crippen LogP) is -3.18. The van der Waals surface area contributed by atoms with Gasteiger partial charge >= 0.3 is 5.97 Å². The Labute approximate surface area is 190 Å². The van der Waals surface area contributed by atoms with Crippen LogP contribution in [0, 0.1) is 0 Å². The van der Waals surface area contributed by atoms with E-state index < -0.39 is 59.7 Å². The largest absolute Gasteiger partial charge is 0.480 e. The number of amides is 5. The summed E-state index contributed by atoms with van der Waals surface area (Å²) in [5, 5.41) is 14.1. The van der Waals surface area contributed by atoms with Crippen molar-refractivity contribution < 1.29 is 33.9 Å². The molecule has 13 nitrogen and oxygen atoms in total. The minimum absolute atomic E-state index is 0.0270. The Balaban J connectivity index is 2.94. The van der Waals surface area contributed by atoms with Gasteiger partial charge < -0.3 is 37.8 Å². The highest BCUT2D eigenvalue weighted by Crippen LogP contribution is 2.20. The van der Waals surface area contributed by atoms with Gasteiger partial charge in [-0.15, -0.1) is 0 Å². The van der Waals surface area contributed by atoms with E-state index in [1.54, 1.807) is 0 Å². The lowest BCUT2D eigenvalue weighted by Gasteiger charge is -2.29. The van der Waals surface area contributed by atoms with Crippen molar-refractivity contribution in [2.24, 2.45) is 17.2 Å². The summed E-state index contributed by atoms with van der Waals surface area (Å²) in [5.41, 5.74) is 15.8. The number of nitrogens with two attached hydrogens (primary N) is 3. The highest BCUT2D eigenvalue weighted by molar-refractivity contribution is 7.80. The molecular weight excluding hydrogens is 444 g/mol. The van der Waals surface area contributed by atoms with E-state index in [4.69, 9.17) is 17.2 Å². The van der Waals surface area contributed by atoms with Crippen LogP contribution in [0.3, 0.4) is 0 Å². The molecule has 0 aromatic heterocycles. The molecular formula is C18H30N6O7S. The van der Waals surface area contributed by atoms with Gasteiger partial charge in [0, 0.05) is 25.1 Å². The quantitative estimate of drug-likeness (QED) is 0.134. The van der Waals surface area contributed by atoms with Crippen LogP contribution in [0.1, 0.15) is 38.5 Å². The van der Waals surface area contributed by atoms with Gasteiger partial charge in [0.25, 0.3) is 0 Å². The SMILES string of the molecule is NC(=O)CCC(NC(=O)C1CCCN1C(=O)C(CCC(N)=O)NC(=O)C(N)CS)C(=O)O. The summed E-state index contributed by atoms with van der Waals surface area (Å²) in [6.07, 6.45) is 0.0150. The van der Waals surface area contributed by atoms with Gasteiger partial charge in [-0.2, -0.15) is 12.6 Å². The molecule has 180 valence electrons. The molecule has 5 amide bonds. The van der Waals surface area contributed by atoms with Gasteiger partial charge in [0.1, 0.15) is 18.1 Å². The molecule has 1 aliphatic heterocycles. The van der Waals surface area contributed by atoms with Gasteiger partial charge in [0.15, 0.2) is 0 Å². The number of nitrogens with one attached hydrogen (secondary N) is 2. The van der Waals surface area contributed by atoms with Crippen LogP contribution in [0.15, 0.2) is 0 Å². The second-order valence-corrected chi connectivity index (χ2v) is 7.81. The number of primary amides is 2. The van der Waals surface area contributed by atoms with E-state index >= 15 is 0 Å². The molecule has 9 N–H and O–H groups in total. The van der Waals surface area contributed by atoms with Crippen molar-refractivity contribution in [2.45, 2.75) is 62.7 Å². The van der Waals surface area contributed by atoms with Crippen LogP contribution in [-0.4, -0.2) is 82.0 Å². The molecule has 0 radical (unpaired) electrons. The van der Waals surface area contributed by atoms with Crippen molar-refractivity contribution in [1.29, 1.82) is 0 Å². The number of carbonyl (C=O) groups excluding carboxylic acids is 5. The number of thiol groups is 1. The minimum atomic E-state index is -1.36. The summed E-state index contributed by atoms with van der Waals surface area (Å²) in [6, 6.07) is -4.48. The van der Waals surface area contributed by atoms with Crippen molar-refractivity contribution >= 4 is 48.1 Å². The Morgan fingerprint density at radius 2 is 1.56 bits per heavy atom. The zero-order valence-electron chi connectivity index (χ0n) is 17.5. The highest BCUT2D eigenvalue weighted by atomic mass is 32.1. The number of likely N-dealkylation sites (tertiary alicyclic amines) is 1. The molecule has 1 fully saturated rings. The topological polar surface area (TPSA) is 228 Å². The van der Waals surface area contributed by atoms with Gasteiger partial charge in [-0.1, -0.05) is 0 Å². The molecule has 0 aromatic carbocycles. The maximum Gasteiger partial charge on any atom is 0.326 e. The van der Waals surface area contributed by atoms with E-state index in [1.807, 2.05) is 0 Å². The van der Waals surface area contributed by atoms with Crippen LogP contribution in [0.5, 0.6) is 0 Å². The van der Waals surface area contributed by atoms with Gasteiger partial charge in [-0.05, 0) is 25.7 Å². The maximum absolute atomic E-state index is 13.1. The molecule has 1 saturated heterocycles. The van der Waals surface area contributed by atoms with E-state index in [0.717, 1.165) is 0 Å². The number of rotatable bonds is 13. The molecule has 4 unspecified atom stereocenters. The lowest BCUT2D eigenvalue weighted by molar-refractivity contribution is -0.145. The summed E-state index contributed by atoms with van der Waals surface area (Å²) >= 11 is 3.94. The zero-order chi connectivity index (χ0) is 24.4. The van der Waals surface area contributed by atoms with Crippen LogP contribution >= 0.6 is 12.6 Å². The van der Waals surface area contributed by atoms with Crippen LogP contribution in [0.2, 0.25) is 0 Å².